The summed E-state index contributed by atoms with van der Waals surface area (Å²) in [6.07, 6.45) is -15.8. The summed E-state index contributed by atoms with van der Waals surface area (Å²) < 4.78 is 21.8. The summed E-state index contributed by atoms with van der Waals surface area (Å²) in [4.78, 5) is 52.1. The van der Waals surface area contributed by atoms with Crippen LogP contribution in [0.25, 0.3) is 0 Å². The first-order valence-electron chi connectivity index (χ1n) is 41.3. The van der Waals surface area contributed by atoms with Gasteiger partial charge in [0.15, 0.2) is 17.3 Å². The minimum absolute atomic E-state index is 0. The number of aliphatic hydroxyl groups excluding tert-OH is 10. The number of hydrogen-bond acceptors (Lipinski definition) is 28. The van der Waals surface area contributed by atoms with Gasteiger partial charge in [-0.2, -0.15) is 0 Å². The molecule has 7 aliphatic carbocycles. The number of hydrogen-bond donors (Lipinski definition) is 18. The van der Waals surface area contributed by atoms with E-state index in [0.717, 1.165) is 0 Å². The molecule has 0 aromatic carbocycles. The van der Waals surface area contributed by atoms with E-state index < -0.39 is 245 Å². The Labute approximate surface area is 1060 Å². The topological polar surface area (TPSA) is 515 Å². The molecule has 0 bridgehead atoms. The van der Waals surface area contributed by atoms with Crippen molar-refractivity contribution in [1.82, 2.24) is 0 Å². The molecular formula is C88H142Ac8Li2O28. The monoisotopic (exact) mass is 3480 g/mol. The largest absolute Gasteiger partial charge is 1.00 e. The fraction of sp³-hybridized carbons (Fsp3) is 0.841. The summed E-state index contributed by atoms with van der Waals surface area (Å²) in [5, 5.41) is 227. The summed E-state index contributed by atoms with van der Waals surface area (Å²) in [5.74, 6) is -8.27. The zero-order valence-electron chi connectivity index (χ0n) is 80.3. The Morgan fingerprint density at radius 2 is 0.627 bits per heavy atom. The Morgan fingerprint density at radius 1 is 0.397 bits per heavy atom. The number of Topliss-reactive ketones (excluding diaryl/α,β-unsaturated/α-hetero) is 3. The average Bonchev–Trinajstić information content (AvgIpc) is 0.690. The van der Waals surface area contributed by atoms with Crippen molar-refractivity contribution in [2.75, 3.05) is 26.4 Å². The second kappa shape index (κ2) is 49.0. The van der Waals surface area contributed by atoms with E-state index in [0.29, 0.717) is 28.6 Å². The van der Waals surface area contributed by atoms with E-state index in [1.54, 1.807) is 180 Å². The molecule has 126 heavy (non-hydrogen) atoms. The molecule has 0 aromatic heterocycles. The predicted molar refractivity (Wildman–Crippen MR) is 421 cm³/mol. The van der Waals surface area contributed by atoms with Crippen LogP contribution in [0.15, 0.2) is 55.9 Å². The standard InChI is InChI=1S/2C22H36O7.C22H35O7.C22H36O7.8Ac.2Li/c3*1-10(12(3)23)15-16(25)18(26)20(6)13(24)8-14-22(28,9-29-14)17(20)11(2)21(7,27)19(15,4)5;1-11(14(4)24)17-19(26)18(25)12(2)16(13(3)21(7,27)20(17,5)6)22(28)10-29-15(22)8-9-23;;;;;;;;;;/h2*11-14,16-17,23-25,27-28H,8-9H2,1-7H3;11-14,16-17,23,25,27-28H,8-9H2,1-7H3;9,13-16,19,24-28H,8,10H2,1-7H3;;;;;;;;;;/q;;-1;;;;;;;;;;2*+1/p-1/b3*15-10-;17-11-,18-12+;;;;;;;;;;/t3*11-,12?,13?,14?,16?,17?,20+,21?,22?;13-,14?,15?,16?,19?,21?,22?;;;;;;;;;;/m0000........../s1. The van der Waals surface area contributed by atoms with Crippen LogP contribution in [0.3, 0.4) is 0 Å². The average molecular weight is 3480 g/mol. The van der Waals surface area contributed by atoms with Gasteiger partial charge in [0.2, 0.25) is 0 Å². The van der Waals surface area contributed by atoms with Crippen LogP contribution in [-0.4, -0.2) is 278 Å². The Balaban J connectivity index is -0.00000156. The molecule has 4 aliphatic heterocycles. The van der Waals surface area contributed by atoms with Crippen LogP contribution in [0.1, 0.15) is 220 Å². The van der Waals surface area contributed by atoms with Gasteiger partial charge in [0, 0.05) is 423 Å². The normalized spacial score (nSPS) is 46.7. The minimum Gasteiger partial charge on any atom is -0.874 e. The number of fused-ring (bicyclic) bond motifs is 9. The molecule has 4 saturated heterocycles. The summed E-state index contributed by atoms with van der Waals surface area (Å²) in [7, 11) is 0. The number of aldehydes is 1. The van der Waals surface area contributed by atoms with Gasteiger partial charge in [-0.1, -0.05) is 95.6 Å². The SMILES string of the molecule is C/C(=C1\C(O)/C([O-])=C(/C)C(C2(O)COC2CC=O)[C@H](C)C(C)(O)C1(C)C)C(C)O.C/C(=C1\C(O)C(=O)[C@]2(C)C(O)CC3OCC3(O)C2[C@H](C)C(C)(O)C1(C)C)C(C)O.C/C(=C1\C(O)C(=O)[C@]2(C)C(O)CC3OCC3(O)C2[C@H](C)C(C)(O)C1(C)C)C(C)O.C/C(=C1\C(O)C(=O)[C@]2(C)C([O-])CC3OCC3(O)C2[C@H](C)C(C)(O)C1(C)C)C(C)O.[Ac].[Ac].[Ac].[Ac].[Ac].[Ac].[Ac].[Ac].[Li+].[Li+]. The smallest absolute Gasteiger partial charge is 0.874 e. The fourth-order valence-electron chi connectivity index (χ4n) is 23.9. The van der Waals surface area contributed by atoms with Gasteiger partial charge in [0.1, 0.15) is 47.0 Å². The Morgan fingerprint density at radius 3 is 0.857 bits per heavy atom. The number of ether oxygens (including phenoxy) is 4. The maximum atomic E-state index is 13.7. The van der Waals surface area contributed by atoms with E-state index in [-0.39, 0.29) is 470 Å². The Kier molecular flexibility index (Phi) is 54.1. The number of carbonyl (C=O) groups is 4. The van der Waals surface area contributed by atoms with Crippen LogP contribution in [0.5, 0.6) is 0 Å². The molecule has 8 radical (unpaired) electrons. The first-order chi connectivity index (χ1) is 52.3. The molecule has 0 spiro atoms. The van der Waals surface area contributed by atoms with Crippen molar-refractivity contribution >= 4 is 23.6 Å². The van der Waals surface area contributed by atoms with Crippen LogP contribution >= 0.6 is 0 Å². The van der Waals surface area contributed by atoms with Gasteiger partial charge in [-0.15, -0.1) is 11.9 Å². The Bertz CT molecular complexity index is 3690. The van der Waals surface area contributed by atoms with E-state index in [2.05, 4.69) is 0 Å². The van der Waals surface area contributed by atoms with Gasteiger partial charge in [0.25, 0.3) is 0 Å². The molecule has 0 amide bonds. The fourth-order valence-corrected chi connectivity index (χ4v) is 23.9. The van der Waals surface area contributed by atoms with Crippen LogP contribution in [0.2, 0.25) is 0 Å². The van der Waals surface area contributed by atoms with Crippen molar-refractivity contribution < 1.29 is 530 Å². The minimum atomic E-state index is -1.66. The zero-order valence-corrected chi connectivity index (χ0v) is 118. The molecule has 11 rings (SSSR count). The molecule has 688 valence electrons. The van der Waals surface area contributed by atoms with Crippen molar-refractivity contribution in [2.24, 2.45) is 85.2 Å². The molecule has 34 atom stereocenters. The summed E-state index contributed by atoms with van der Waals surface area (Å²) in [6.45, 7) is 46.3. The molecule has 10 fully saturated rings. The molecule has 11 aliphatic rings. The van der Waals surface area contributed by atoms with Gasteiger partial charge < -0.3 is 126 Å². The van der Waals surface area contributed by atoms with Crippen LogP contribution < -0.4 is 47.9 Å². The van der Waals surface area contributed by atoms with E-state index in [1.165, 1.54) is 13.8 Å². The molecule has 0 aromatic rings. The maximum absolute atomic E-state index is 13.7. The number of aliphatic hydroxyl groups is 18. The molecule has 38 heteroatoms. The second-order valence-corrected chi connectivity index (χ2v) is 40.6. The van der Waals surface area contributed by atoms with Gasteiger partial charge in [-0.25, -0.2) is 0 Å². The van der Waals surface area contributed by atoms with Gasteiger partial charge in [-0.05, 0) is 179 Å². The summed E-state index contributed by atoms with van der Waals surface area (Å²) >= 11 is 0. The van der Waals surface area contributed by atoms with Gasteiger partial charge >= 0.3 is 37.7 Å². The third-order valence-electron chi connectivity index (χ3n) is 34.1. The van der Waals surface area contributed by atoms with Crippen molar-refractivity contribution in [3.8, 4) is 0 Å². The zero-order chi connectivity index (χ0) is 89.5. The van der Waals surface area contributed by atoms with Gasteiger partial charge in [0.05, 0.1) is 127 Å². The van der Waals surface area contributed by atoms with Crippen LogP contribution in [-0.2, 0) is 38.1 Å². The predicted octanol–water partition coefficient (Wildman–Crippen LogP) is -4.51. The Hall–Kier alpha value is 8.99. The van der Waals surface area contributed by atoms with Crippen molar-refractivity contribution in [1.29, 1.82) is 0 Å². The van der Waals surface area contributed by atoms with E-state index in [4.69, 9.17) is 18.9 Å². The van der Waals surface area contributed by atoms with Crippen molar-refractivity contribution in [3.63, 3.8) is 0 Å². The number of ketones is 3. The third-order valence-corrected chi connectivity index (χ3v) is 34.1. The van der Waals surface area contributed by atoms with Crippen LogP contribution in [0, 0.1) is 438 Å². The first-order valence-corrected chi connectivity index (χ1v) is 41.3. The molecule has 4 heterocycles. The quantitative estimate of drug-likeness (QED) is 0.0649. The van der Waals surface area contributed by atoms with Crippen molar-refractivity contribution in [3.05, 3.63) is 55.9 Å². The number of carbonyl (C=O) groups excluding carboxylic acids is 4. The number of rotatable bonds is 7. The first kappa shape index (κ1) is 139. The van der Waals surface area contributed by atoms with E-state index >= 15 is 0 Å². The van der Waals surface area contributed by atoms with Crippen LogP contribution in [0.4, 0.5) is 0 Å². The van der Waals surface area contributed by atoms with Crippen molar-refractivity contribution in [2.45, 2.75) is 356 Å². The summed E-state index contributed by atoms with van der Waals surface area (Å²) in [5.41, 5.74) is -17.6. The van der Waals surface area contributed by atoms with E-state index in [9.17, 15) is 121 Å². The summed E-state index contributed by atoms with van der Waals surface area (Å²) in [6, 6.07) is 0. The second-order valence-electron chi connectivity index (χ2n) is 40.6. The molecule has 6 saturated carbocycles. The van der Waals surface area contributed by atoms with Gasteiger partial charge in [-0.3, -0.25) is 14.4 Å². The third kappa shape index (κ3) is 22.3. The molecule has 27 unspecified atom stereocenters. The molecule has 18 N–H and O–H groups in total. The molecule has 28 nitrogen and oxygen atoms in total. The molecular weight excluding hydrogens is 3330 g/mol. The maximum Gasteiger partial charge on any atom is 1.00 e. The van der Waals surface area contributed by atoms with E-state index in [1.807, 2.05) is 0 Å².